The molecule has 12 rings (SSSR count). The quantitative estimate of drug-likeness (QED) is 0.175. The van der Waals surface area contributed by atoms with Gasteiger partial charge in [0.1, 0.15) is 0 Å². The van der Waals surface area contributed by atoms with Crippen LogP contribution in [0.5, 0.6) is 0 Å². The third kappa shape index (κ3) is 4.90. The SMILES string of the molecule is CC1(C)c2ccccc2-c2c1c1c3ccccc3n(-c3ccccc3)c1c1c3ccccc3n(-c3cccc(-c4cc(-c5ccccc5)nc(-c5ccccc5)n4)c3)c21. The third-order valence-electron chi connectivity index (χ3n) is 12.5. The van der Waals surface area contributed by atoms with E-state index in [1.807, 2.05) is 24.3 Å². The van der Waals surface area contributed by atoms with Crippen LogP contribution in [0.25, 0.3) is 100 Å². The second-order valence-electron chi connectivity index (χ2n) is 16.2. The van der Waals surface area contributed by atoms with Gasteiger partial charge < -0.3 is 9.13 Å². The average Bonchev–Trinajstić information content (AvgIpc) is 3.90. The van der Waals surface area contributed by atoms with Gasteiger partial charge in [-0.05, 0) is 59.2 Å². The van der Waals surface area contributed by atoms with Gasteiger partial charge in [-0.15, -0.1) is 0 Å². The van der Waals surface area contributed by atoms with E-state index in [2.05, 4.69) is 193 Å². The summed E-state index contributed by atoms with van der Waals surface area (Å²) in [7, 11) is 0. The molecule has 11 aromatic rings. The van der Waals surface area contributed by atoms with Crippen molar-refractivity contribution in [2.75, 3.05) is 0 Å². The normalized spacial score (nSPS) is 13.1. The van der Waals surface area contributed by atoms with Crippen LogP contribution in [0.3, 0.4) is 0 Å². The van der Waals surface area contributed by atoms with Crippen LogP contribution in [0.4, 0.5) is 0 Å². The van der Waals surface area contributed by atoms with Crippen LogP contribution in [-0.4, -0.2) is 19.1 Å². The zero-order valence-corrected chi connectivity index (χ0v) is 32.8. The molecule has 0 atom stereocenters. The van der Waals surface area contributed by atoms with Crippen molar-refractivity contribution in [1.82, 2.24) is 19.1 Å². The lowest BCUT2D eigenvalue weighted by molar-refractivity contribution is 0.667. The largest absolute Gasteiger partial charge is 0.309 e. The second-order valence-corrected chi connectivity index (χ2v) is 16.2. The van der Waals surface area contributed by atoms with Crippen molar-refractivity contribution in [3.63, 3.8) is 0 Å². The topological polar surface area (TPSA) is 35.6 Å². The summed E-state index contributed by atoms with van der Waals surface area (Å²) in [6, 6.07) is 69.6. The molecule has 3 aromatic heterocycles. The van der Waals surface area contributed by atoms with Gasteiger partial charge in [0.25, 0.3) is 0 Å². The Bertz CT molecular complexity index is 3390. The fraction of sp³-hybridized carbons (Fsp3) is 0.0545. The molecule has 3 heterocycles. The van der Waals surface area contributed by atoms with Crippen molar-refractivity contribution in [3.8, 4) is 56.4 Å². The highest BCUT2D eigenvalue weighted by Crippen LogP contribution is 2.58. The van der Waals surface area contributed by atoms with Gasteiger partial charge in [0.05, 0.1) is 33.5 Å². The monoisotopic (exact) mass is 754 g/mol. The summed E-state index contributed by atoms with van der Waals surface area (Å²) >= 11 is 0. The highest BCUT2D eigenvalue weighted by molar-refractivity contribution is 6.31. The number of para-hydroxylation sites is 3. The maximum absolute atomic E-state index is 5.24. The van der Waals surface area contributed by atoms with Crippen molar-refractivity contribution in [2.24, 2.45) is 0 Å². The van der Waals surface area contributed by atoms with E-state index in [1.54, 1.807) is 0 Å². The summed E-state index contributed by atoms with van der Waals surface area (Å²) in [6.45, 7) is 4.82. The first-order valence-corrected chi connectivity index (χ1v) is 20.3. The van der Waals surface area contributed by atoms with Crippen LogP contribution in [0.15, 0.2) is 194 Å². The van der Waals surface area contributed by atoms with Gasteiger partial charge in [-0.1, -0.05) is 166 Å². The fourth-order valence-electron chi connectivity index (χ4n) is 9.94. The minimum Gasteiger partial charge on any atom is -0.309 e. The molecule has 0 amide bonds. The van der Waals surface area contributed by atoms with E-state index >= 15 is 0 Å². The molecule has 0 fully saturated rings. The van der Waals surface area contributed by atoms with Crippen LogP contribution in [0.1, 0.15) is 25.0 Å². The van der Waals surface area contributed by atoms with Crippen molar-refractivity contribution in [3.05, 3.63) is 205 Å². The molecular formula is C55H38N4. The van der Waals surface area contributed by atoms with E-state index in [-0.39, 0.29) is 5.41 Å². The zero-order valence-electron chi connectivity index (χ0n) is 32.8. The Kier molecular flexibility index (Phi) is 7.24. The lowest BCUT2D eigenvalue weighted by atomic mass is 9.80. The molecule has 59 heavy (non-hydrogen) atoms. The van der Waals surface area contributed by atoms with Crippen molar-refractivity contribution in [2.45, 2.75) is 19.3 Å². The van der Waals surface area contributed by atoms with Gasteiger partial charge in [0.15, 0.2) is 5.82 Å². The fourth-order valence-corrected chi connectivity index (χ4v) is 9.94. The van der Waals surface area contributed by atoms with E-state index in [4.69, 9.17) is 9.97 Å². The summed E-state index contributed by atoms with van der Waals surface area (Å²) < 4.78 is 5.03. The van der Waals surface area contributed by atoms with Crippen molar-refractivity contribution in [1.29, 1.82) is 0 Å². The van der Waals surface area contributed by atoms with Crippen LogP contribution in [0, 0.1) is 0 Å². The second kappa shape index (κ2) is 12.7. The minimum atomic E-state index is -0.254. The highest BCUT2D eigenvalue weighted by Gasteiger charge is 2.41. The van der Waals surface area contributed by atoms with Gasteiger partial charge in [-0.3, -0.25) is 0 Å². The molecule has 4 heteroatoms. The minimum absolute atomic E-state index is 0.254. The lowest BCUT2D eigenvalue weighted by Gasteiger charge is -2.23. The van der Waals surface area contributed by atoms with E-state index in [0.717, 1.165) is 39.5 Å². The Morgan fingerprint density at radius 2 is 0.949 bits per heavy atom. The number of benzene rings is 8. The first-order chi connectivity index (χ1) is 29.1. The predicted octanol–water partition coefficient (Wildman–Crippen LogP) is 14.0. The molecular weight excluding hydrogens is 717 g/mol. The molecule has 0 bridgehead atoms. The summed E-state index contributed by atoms with van der Waals surface area (Å²) in [5.74, 6) is 0.706. The van der Waals surface area contributed by atoms with Crippen LogP contribution >= 0.6 is 0 Å². The Hall–Kier alpha value is -7.56. The van der Waals surface area contributed by atoms with Gasteiger partial charge in [-0.2, -0.15) is 0 Å². The zero-order chi connectivity index (χ0) is 39.2. The number of rotatable bonds is 5. The average molecular weight is 755 g/mol. The molecule has 0 spiro atoms. The third-order valence-corrected chi connectivity index (χ3v) is 12.5. The summed E-state index contributed by atoms with van der Waals surface area (Å²) in [4.78, 5) is 10.3. The van der Waals surface area contributed by atoms with Gasteiger partial charge in [-0.25, -0.2) is 9.97 Å². The molecule has 0 saturated heterocycles. The van der Waals surface area contributed by atoms with E-state index < -0.39 is 0 Å². The smallest absolute Gasteiger partial charge is 0.160 e. The van der Waals surface area contributed by atoms with E-state index in [0.29, 0.717) is 5.82 Å². The van der Waals surface area contributed by atoms with Crippen molar-refractivity contribution >= 4 is 43.6 Å². The van der Waals surface area contributed by atoms with E-state index in [1.165, 1.54) is 65.9 Å². The summed E-state index contributed by atoms with van der Waals surface area (Å²) in [6.07, 6.45) is 0. The number of nitrogens with zero attached hydrogens (tertiary/aromatic N) is 4. The summed E-state index contributed by atoms with van der Waals surface area (Å²) in [5, 5.41) is 5.08. The Morgan fingerprint density at radius 3 is 1.66 bits per heavy atom. The van der Waals surface area contributed by atoms with Gasteiger partial charge in [0.2, 0.25) is 0 Å². The molecule has 0 aliphatic heterocycles. The van der Waals surface area contributed by atoms with Gasteiger partial charge >= 0.3 is 0 Å². The van der Waals surface area contributed by atoms with Crippen molar-refractivity contribution < 1.29 is 0 Å². The number of aromatic nitrogens is 4. The number of hydrogen-bond acceptors (Lipinski definition) is 2. The first kappa shape index (κ1) is 33.6. The maximum atomic E-state index is 5.24. The van der Waals surface area contributed by atoms with Crippen LogP contribution in [-0.2, 0) is 5.41 Å². The van der Waals surface area contributed by atoms with Crippen LogP contribution < -0.4 is 0 Å². The lowest BCUT2D eigenvalue weighted by Crippen LogP contribution is -2.15. The molecule has 1 aliphatic rings. The molecule has 8 aromatic carbocycles. The van der Waals surface area contributed by atoms with Gasteiger partial charge in [0, 0.05) is 60.6 Å². The Morgan fingerprint density at radius 1 is 0.424 bits per heavy atom. The van der Waals surface area contributed by atoms with Crippen LogP contribution in [0.2, 0.25) is 0 Å². The molecule has 278 valence electrons. The standard InChI is InChI=1S/C55H38N4/c1-55(2)43-30-15-12-27-40(43)48-51(55)49-41-28-13-16-31-46(41)58(38-24-10-5-11-25-38)53(49)50-42-29-14-17-32-47(42)59(52(48)50)39-26-18-23-37(33-39)45-34-44(35-19-6-3-7-20-35)56-54(57-45)36-21-8-4-9-22-36/h3-34H,1-2H3. The number of fused-ring (bicyclic) bond motifs is 12. The first-order valence-electron chi connectivity index (χ1n) is 20.3. The maximum Gasteiger partial charge on any atom is 0.160 e. The Balaban J connectivity index is 1.22. The molecule has 1 aliphatic carbocycles. The summed E-state index contributed by atoms with van der Waals surface area (Å²) in [5.41, 5.74) is 17.0. The molecule has 4 nitrogen and oxygen atoms in total. The predicted molar refractivity (Wildman–Crippen MR) is 245 cm³/mol. The van der Waals surface area contributed by atoms with E-state index in [9.17, 15) is 0 Å². The highest BCUT2D eigenvalue weighted by atomic mass is 15.0. The molecule has 0 unspecified atom stereocenters. The molecule has 0 saturated carbocycles. The molecule has 0 radical (unpaired) electrons. The number of hydrogen-bond donors (Lipinski definition) is 0. The Labute approximate surface area is 342 Å². The molecule has 0 N–H and O–H groups in total.